The molecule has 0 unspecified atom stereocenters. The second kappa shape index (κ2) is 7.58. The van der Waals surface area contributed by atoms with Gasteiger partial charge < -0.3 is 5.32 Å². The van der Waals surface area contributed by atoms with Gasteiger partial charge in [-0.3, -0.25) is 4.72 Å². The molecule has 1 aromatic heterocycles. The molecule has 0 aliphatic heterocycles. The van der Waals surface area contributed by atoms with Crippen LogP contribution < -0.4 is 10.0 Å². The van der Waals surface area contributed by atoms with Crippen molar-refractivity contribution in [3.63, 3.8) is 0 Å². The van der Waals surface area contributed by atoms with Crippen LogP contribution in [0.5, 0.6) is 0 Å². The molecule has 0 fully saturated rings. The molecule has 2 aromatic carbocycles. The highest BCUT2D eigenvalue weighted by Crippen LogP contribution is 2.22. The lowest BCUT2D eigenvalue weighted by Gasteiger charge is -2.12. The van der Waals surface area contributed by atoms with Crippen molar-refractivity contribution in [3.05, 3.63) is 78.0 Å². The highest BCUT2D eigenvalue weighted by molar-refractivity contribution is 7.92. The molecule has 0 radical (unpaired) electrons. The summed E-state index contributed by atoms with van der Waals surface area (Å²) < 4.78 is 27.3. The summed E-state index contributed by atoms with van der Waals surface area (Å²) in [6.45, 7) is 4.01. The highest BCUT2D eigenvalue weighted by Gasteiger charge is 2.14. The van der Waals surface area contributed by atoms with Gasteiger partial charge in [0, 0.05) is 5.69 Å². The van der Waals surface area contributed by atoms with Gasteiger partial charge >= 0.3 is 0 Å². The van der Waals surface area contributed by atoms with Gasteiger partial charge in [-0.25, -0.2) is 13.4 Å². The van der Waals surface area contributed by atoms with E-state index in [1.807, 2.05) is 25.1 Å². The van der Waals surface area contributed by atoms with Gasteiger partial charge in [-0.2, -0.15) is 0 Å². The zero-order valence-corrected chi connectivity index (χ0v) is 15.5. The van der Waals surface area contributed by atoms with Crippen LogP contribution in [0.1, 0.15) is 18.1 Å². The smallest absolute Gasteiger partial charge is 0.263 e. The first-order valence-electron chi connectivity index (χ1n) is 8.38. The molecule has 6 heteroatoms. The minimum absolute atomic E-state index is 0.212. The molecule has 0 saturated heterocycles. The monoisotopic (exact) mass is 367 g/mol. The number of pyridine rings is 1. The first kappa shape index (κ1) is 17.9. The van der Waals surface area contributed by atoms with Gasteiger partial charge in [0.2, 0.25) is 0 Å². The molecule has 0 amide bonds. The van der Waals surface area contributed by atoms with Crippen LogP contribution in [-0.2, 0) is 16.4 Å². The number of nitrogens with one attached hydrogen (secondary N) is 2. The Labute approximate surface area is 154 Å². The molecule has 0 bridgehead atoms. The molecule has 0 aliphatic carbocycles. The van der Waals surface area contributed by atoms with Crippen LogP contribution in [0.25, 0.3) is 0 Å². The third-order valence-corrected chi connectivity index (χ3v) is 5.38. The van der Waals surface area contributed by atoms with Crippen molar-refractivity contribution in [2.24, 2.45) is 0 Å². The number of rotatable bonds is 6. The Morgan fingerprint density at radius 1 is 0.962 bits per heavy atom. The van der Waals surface area contributed by atoms with Crippen molar-refractivity contribution in [2.75, 3.05) is 10.0 Å². The molecule has 0 saturated carbocycles. The van der Waals surface area contributed by atoms with E-state index >= 15 is 0 Å². The number of anilines is 3. The number of benzene rings is 2. The van der Waals surface area contributed by atoms with E-state index in [2.05, 4.69) is 28.0 Å². The zero-order chi connectivity index (χ0) is 18.6. The fourth-order valence-electron chi connectivity index (χ4n) is 2.55. The largest absolute Gasteiger partial charge is 0.354 e. The van der Waals surface area contributed by atoms with E-state index in [-0.39, 0.29) is 10.7 Å². The van der Waals surface area contributed by atoms with E-state index in [0.29, 0.717) is 0 Å². The standard InChI is InChI=1S/C20H21N3O2S/c1-3-16-6-4-5-7-19(16)22-17-10-13-20(21-14-17)23-26(24,25)18-11-8-15(2)9-12-18/h4-14,22H,3H2,1-2H3,(H,21,23). The number of aromatic nitrogens is 1. The van der Waals surface area contributed by atoms with Crippen molar-refractivity contribution < 1.29 is 8.42 Å². The fourth-order valence-corrected chi connectivity index (χ4v) is 3.56. The Bertz CT molecular complexity index is 982. The lowest BCUT2D eigenvalue weighted by molar-refractivity contribution is 0.601. The Balaban J connectivity index is 1.74. The number of aryl methyl sites for hydroxylation is 2. The van der Waals surface area contributed by atoms with Gasteiger partial charge in [0.05, 0.1) is 16.8 Å². The van der Waals surface area contributed by atoms with Crippen LogP contribution in [0.4, 0.5) is 17.2 Å². The van der Waals surface area contributed by atoms with E-state index in [0.717, 1.165) is 23.4 Å². The molecule has 3 aromatic rings. The number of nitrogens with zero attached hydrogens (tertiary/aromatic N) is 1. The summed E-state index contributed by atoms with van der Waals surface area (Å²) >= 11 is 0. The molecule has 0 aliphatic rings. The van der Waals surface area contributed by atoms with Crippen LogP contribution >= 0.6 is 0 Å². The Hall–Kier alpha value is -2.86. The molecule has 0 atom stereocenters. The van der Waals surface area contributed by atoms with E-state index in [4.69, 9.17) is 0 Å². The van der Waals surface area contributed by atoms with Gasteiger partial charge in [0.15, 0.2) is 0 Å². The summed E-state index contributed by atoms with van der Waals surface area (Å²) in [5.74, 6) is 0.278. The summed E-state index contributed by atoms with van der Waals surface area (Å²) in [6.07, 6.45) is 2.53. The zero-order valence-electron chi connectivity index (χ0n) is 14.7. The highest BCUT2D eigenvalue weighted by atomic mass is 32.2. The van der Waals surface area contributed by atoms with E-state index in [1.54, 1.807) is 42.6 Å². The molecule has 3 rings (SSSR count). The molecule has 2 N–H and O–H groups in total. The lowest BCUT2D eigenvalue weighted by Crippen LogP contribution is -2.13. The topological polar surface area (TPSA) is 71.1 Å². The van der Waals surface area contributed by atoms with E-state index < -0.39 is 10.0 Å². The van der Waals surface area contributed by atoms with Gasteiger partial charge in [0.25, 0.3) is 10.0 Å². The second-order valence-electron chi connectivity index (χ2n) is 5.99. The summed E-state index contributed by atoms with van der Waals surface area (Å²) in [5.41, 5.74) is 4.02. The average Bonchev–Trinajstić information content (AvgIpc) is 2.64. The van der Waals surface area contributed by atoms with Crippen molar-refractivity contribution in [1.82, 2.24) is 4.98 Å². The number of hydrogen-bond acceptors (Lipinski definition) is 4. The van der Waals surface area contributed by atoms with Crippen LogP contribution in [0, 0.1) is 6.92 Å². The number of sulfonamides is 1. The van der Waals surface area contributed by atoms with Gasteiger partial charge in [-0.15, -0.1) is 0 Å². The first-order valence-corrected chi connectivity index (χ1v) is 9.87. The van der Waals surface area contributed by atoms with E-state index in [1.165, 1.54) is 5.56 Å². The normalized spacial score (nSPS) is 11.2. The predicted octanol–water partition coefficient (Wildman–Crippen LogP) is 4.50. The number of hydrogen-bond donors (Lipinski definition) is 2. The lowest BCUT2D eigenvalue weighted by atomic mass is 10.1. The van der Waals surface area contributed by atoms with Gasteiger partial charge in [-0.1, -0.05) is 42.8 Å². The summed E-state index contributed by atoms with van der Waals surface area (Å²) in [6, 6.07) is 18.2. The van der Waals surface area contributed by atoms with Crippen molar-refractivity contribution in [3.8, 4) is 0 Å². The summed E-state index contributed by atoms with van der Waals surface area (Å²) in [7, 11) is -3.65. The maximum absolute atomic E-state index is 12.4. The third-order valence-electron chi connectivity index (χ3n) is 4.01. The van der Waals surface area contributed by atoms with Crippen LogP contribution in [-0.4, -0.2) is 13.4 Å². The van der Waals surface area contributed by atoms with Crippen LogP contribution in [0.2, 0.25) is 0 Å². The predicted molar refractivity (Wildman–Crippen MR) is 105 cm³/mol. The van der Waals surface area contributed by atoms with Crippen LogP contribution in [0.15, 0.2) is 71.8 Å². The SMILES string of the molecule is CCc1ccccc1Nc1ccc(NS(=O)(=O)c2ccc(C)cc2)nc1. The van der Waals surface area contributed by atoms with Crippen molar-refractivity contribution in [1.29, 1.82) is 0 Å². The Kier molecular flexibility index (Phi) is 5.23. The fraction of sp³-hybridized carbons (Fsp3) is 0.150. The minimum Gasteiger partial charge on any atom is -0.354 e. The molecule has 26 heavy (non-hydrogen) atoms. The molecule has 134 valence electrons. The number of para-hydroxylation sites is 1. The maximum Gasteiger partial charge on any atom is 0.263 e. The van der Waals surface area contributed by atoms with Gasteiger partial charge in [-0.05, 0) is 49.2 Å². The van der Waals surface area contributed by atoms with Crippen molar-refractivity contribution in [2.45, 2.75) is 25.2 Å². The maximum atomic E-state index is 12.4. The molecular weight excluding hydrogens is 346 g/mol. The minimum atomic E-state index is -3.65. The molecule has 1 heterocycles. The third kappa shape index (κ3) is 4.21. The summed E-state index contributed by atoms with van der Waals surface area (Å²) in [5, 5.41) is 3.31. The Morgan fingerprint density at radius 3 is 2.35 bits per heavy atom. The first-order chi connectivity index (χ1) is 12.5. The van der Waals surface area contributed by atoms with Gasteiger partial charge in [0.1, 0.15) is 5.82 Å². The molecule has 0 spiro atoms. The molecular formula is C20H21N3O2S. The van der Waals surface area contributed by atoms with Crippen molar-refractivity contribution >= 4 is 27.2 Å². The van der Waals surface area contributed by atoms with Crippen LogP contribution in [0.3, 0.4) is 0 Å². The van der Waals surface area contributed by atoms with E-state index in [9.17, 15) is 8.42 Å². The summed E-state index contributed by atoms with van der Waals surface area (Å²) in [4.78, 5) is 4.42. The quantitative estimate of drug-likeness (QED) is 0.673. The second-order valence-corrected chi connectivity index (χ2v) is 7.67. The Morgan fingerprint density at radius 2 is 1.69 bits per heavy atom. The molecule has 5 nitrogen and oxygen atoms in total. The average molecular weight is 367 g/mol.